The Balaban J connectivity index is 1.33. The first-order chi connectivity index (χ1) is 13.8. The highest BCUT2D eigenvalue weighted by molar-refractivity contribution is 6.10. The summed E-state index contributed by atoms with van der Waals surface area (Å²) in [5.41, 5.74) is 5.58. The predicted octanol–water partition coefficient (Wildman–Crippen LogP) is 4.02. The van der Waals surface area contributed by atoms with Crippen molar-refractivity contribution in [2.24, 2.45) is 0 Å². The van der Waals surface area contributed by atoms with Crippen molar-refractivity contribution < 1.29 is 9.53 Å². The second-order valence-electron chi connectivity index (χ2n) is 7.65. The highest BCUT2D eigenvalue weighted by Crippen LogP contribution is 2.35. The SMILES string of the molecule is O=C(Nc1ccc2c3c(cccc13)CC2)c1ccc(CN2CCOCC2)cc1. The van der Waals surface area contributed by atoms with E-state index in [1.54, 1.807) is 0 Å². The van der Waals surface area contributed by atoms with Gasteiger partial charge < -0.3 is 10.1 Å². The molecule has 1 N–H and O–H groups in total. The van der Waals surface area contributed by atoms with Crippen LogP contribution in [0.3, 0.4) is 0 Å². The summed E-state index contributed by atoms with van der Waals surface area (Å²) in [7, 11) is 0. The number of hydrogen-bond acceptors (Lipinski definition) is 3. The Kier molecular flexibility index (Phi) is 4.59. The van der Waals surface area contributed by atoms with E-state index in [-0.39, 0.29) is 5.91 Å². The van der Waals surface area contributed by atoms with Gasteiger partial charge in [0.1, 0.15) is 0 Å². The molecule has 0 radical (unpaired) electrons. The first-order valence-corrected chi connectivity index (χ1v) is 10.0. The van der Waals surface area contributed by atoms with Gasteiger partial charge in [0.25, 0.3) is 5.91 Å². The minimum atomic E-state index is -0.0587. The molecule has 2 aliphatic rings. The summed E-state index contributed by atoms with van der Waals surface area (Å²) in [4.78, 5) is 15.2. The van der Waals surface area contributed by atoms with Gasteiger partial charge in [-0.05, 0) is 53.1 Å². The van der Waals surface area contributed by atoms with Gasteiger partial charge in [0, 0.05) is 36.3 Å². The number of hydrogen-bond donors (Lipinski definition) is 1. The van der Waals surface area contributed by atoms with Crippen molar-refractivity contribution in [1.82, 2.24) is 4.90 Å². The molecule has 3 aromatic carbocycles. The first kappa shape index (κ1) is 17.4. The summed E-state index contributed by atoms with van der Waals surface area (Å²) in [6.07, 6.45) is 2.18. The smallest absolute Gasteiger partial charge is 0.255 e. The van der Waals surface area contributed by atoms with Crippen LogP contribution in [-0.4, -0.2) is 37.1 Å². The summed E-state index contributed by atoms with van der Waals surface area (Å²) < 4.78 is 5.40. The Hall–Kier alpha value is -2.69. The third kappa shape index (κ3) is 3.30. The lowest BCUT2D eigenvalue weighted by molar-refractivity contribution is 0.0342. The van der Waals surface area contributed by atoms with E-state index in [4.69, 9.17) is 4.74 Å². The Labute approximate surface area is 165 Å². The van der Waals surface area contributed by atoms with Crippen LogP contribution in [-0.2, 0) is 24.1 Å². The van der Waals surface area contributed by atoms with Crippen LogP contribution >= 0.6 is 0 Å². The van der Waals surface area contributed by atoms with Gasteiger partial charge in [-0.3, -0.25) is 9.69 Å². The molecule has 0 atom stereocenters. The van der Waals surface area contributed by atoms with Crippen LogP contribution in [0.15, 0.2) is 54.6 Å². The monoisotopic (exact) mass is 372 g/mol. The van der Waals surface area contributed by atoms with Gasteiger partial charge in [0.05, 0.1) is 13.2 Å². The normalized spacial score (nSPS) is 16.4. The molecule has 4 nitrogen and oxygen atoms in total. The zero-order valence-corrected chi connectivity index (χ0v) is 15.9. The van der Waals surface area contributed by atoms with Crippen LogP contribution in [0, 0.1) is 0 Å². The predicted molar refractivity (Wildman–Crippen MR) is 112 cm³/mol. The number of benzene rings is 3. The van der Waals surface area contributed by atoms with Crippen LogP contribution in [0.25, 0.3) is 10.8 Å². The maximum Gasteiger partial charge on any atom is 0.255 e. The maximum absolute atomic E-state index is 12.8. The van der Waals surface area contributed by atoms with Crippen molar-refractivity contribution in [3.8, 4) is 0 Å². The standard InChI is InChI=1S/C24H24N2O2/c27-24(20-6-4-17(5-7-20)16-26-12-14-28-15-13-26)25-22-11-10-19-9-8-18-2-1-3-21(22)23(18)19/h1-7,10-11H,8-9,12-16H2,(H,25,27). The molecule has 1 aliphatic heterocycles. The molecule has 0 aromatic heterocycles. The highest BCUT2D eigenvalue weighted by atomic mass is 16.5. The number of nitrogens with one attached hydrogen (secondary N) is 1. The summed E-state index contributed by atoms with van der Waals surface area (Å²) in [5, 5.41) is 5.58. The second kappa shape index (κ2) is 7.38. The topological polar surface area (TPSA) is 41.6 Å². The van der Waals surface area contributed by atoms with Crippen molar-refractivity contribution in [2.45, 2.75) is 19.4 Å². The molecular formula is C24H24N2O2. The number of morpholine rings is 1. The van der Waals surface area contributed by atoms with Crippen molar-refractivity contribution in [3.63, 3.8) is 0 Å². The Morgan fingerprint density at radius 1 is 0.929 bits per heavy atom. The fourth-order valence-electron chi connectivity index (χ4n) is 4.33. The van der Waals surface area contributed by atoms with Gasteiger partial charge in [0.15, 0.2) is 0 Å². The number of nitrogens with zero attached hydrogens (tertiary/aromatic N) is 1. The quantitative estimate of drug-likeness (QED) is 0.752. The minimum Gasteiger partial charge on any atom is -0.379 e. The van der Waals surface area contributed by atoms with Crippen LogP contribution in [0.5, 0.6) is 0 Å². The molecule has 4 heteroatoms. The third-order valence-corrected chi connectivity index (χ3v) is 5.85. The van der Waals surface area contributed by atoms with Crippen LogP contribution in [0.2, 0.25) is 0 Å². The lowest BCUT2D eigenvalue weighted by Crippen LogP contribution is -2.35. The summed E-state index contributed by atoms with van der Waals surface area (Å²) in [5.74, 6) is -0.0587. The van der Waals surface area contributed by atoms with Crippen LogP contribution < -0.4 is 5.32 Å². The zero-order chi connectivity index (χ0) is 18.9. The molecule has 5 rings (SSSR count). The lowest BCUT2D eigenvalue weighted by Gasteiger charge is -2.26. The number of rotatable bonds is 4. The summed E-state index contributed by atoms with van der Waals surface area (Å²) >= 11 is 0. The van der Waals surface area contributed by atoms with E-state index in [2.05, 4.69) is 46.6 Å². The lowest BCUT2D eigenvalue weighted by atomic mass is 10.0. The average molecular weight is 372 g/mol. The van der Waals surface area contributed by atoms with Gasteiger partial charge >= 0.3 is 0 Å². The number of carbonyl (C=O) groups is 1. The van der Waals surface area contributed by atoms with Crippen molar-refractivity contribution in [3.05, 3.63) is 76.9 Å². The molecule has 1 aliphatic carbocycles. The molecule has 0 bridgehead atoms. The minimum absolute atomic E-state index is 0.0587. The third-order valence-electron chi connectivity index (χ3n) is 5.85. The molecule has 1 heterocycles. The molecule has 0 saturated carbocycles. The van der Waals surface area contributed by atoms with Gasteiger partial charge in [-0.1, -0.05) is 36.4 Å². The number of aryl methyl sites for hydroxylation is 2. The molecule has 1 amide bonds. The number of ether oxygens (including phenoxy) is 1. The largest absolute Gasteiger partial charge is 0.379 e. The molecule has 28 heavy (non-hydrogen) atoms. The fraction of sp³-hybridized carbons (Fsp3) is 0.292. The molecule has 1 fully saturated rings. The van der Waals surface area contributed by atoms with Gasteiger partial charge in [-0.15, -0.1) is 0 Å². The van der Waals surface area contributed by atoms with Gasteiger partial charge in [0.2, 0.25) is 0 Å². The molecule has 0 spiro atoms. The number of carbonyl (C=O) groups excluding carboxylic acids is 1. The summed E-state index contributed by atoms with van der Waals surface area (Å²) in [6, 6.07) is 18.5. The molecule has 142 valence electrons. The Morgan fingerprint density at radius 3 is 2.46 bits per heavy atom. The van der Waals surface area contributed by atoms with Crippen molar-refractivity contribution in [1.29, 1.82) is 0 Å². The van der Waals surface area contributed by atoms with Crippen molar-refractivity contribution >= 4 is 22.4 Å². The van der Waals surface area contributed by atoms with E-state index in [1.165, 1.54) is 22.1 Å². The van der Waals surface area contributed by atoms with E-state index < -0.39 is 0 Å². The molecule has 0 unspecified atom stereocenters. The van der Waals surface area contributed by atoms with E-state index in [1.807, 2.05) is 18.2 Å². The molecular weight excluding hydrogens is 348 g/mol. The zero-order valence-electron chi connectivity index (χ0n) is 15.9. The van der Waals surface area contributed by atoms with E-state index >= 15 is 0 Å². The molecule has 3 aromatic rings. The summed E-state index contributed by atoms with van der Waals surface area (Å²) in [6.45, 7) is 4.44. The van der Waals surface area contributed by atoms with E-state index in [9.17, 15) is 4.79 Å². The second-order valence-corrected chi connectivity index (χ2v) is 7.65. The first-order valence-electron chi connectivity index (χ1n) is 10.0. The molecule has 1 saturated heterocycles. The van der Waals surface area contributed by atoms with E-state index in [0.717, 1.165) is 56.8 Å². The Morgan fingerprint density at radius 2 is 1.68 bits per heavy atom. The fourth-order valence-corrected chi connectivity index (χ4v) is 4.33. The van der Waals surface area contributed by atoms with Gasteiger partial charge in [-0.2, -0.15) is 0 Å². The maximum atomic E-state index is 12.8. The van der Waals surface area contributed by atoms with E-state index in [0.29, 0.717) is 5.56 Å². The van der Waals surface area contributed by atoms with Gasteiger partial charge in [-0.25, -0.2) is 0 Å². The Bertz CT molecular complexity index is 1010. The van der Waals surface area contributed by atoms with Crippen molar-refractivity contribution in [2.75, 3.05) is 31.6 Å². The highest BCUT2D eigenvalue weighted by Gasteiger charge is 2.17. The number of amides is 1. The number of anilines is 1. The average Bonchev–Trinajstić information content (AvgIpc) is 3.16. The van der Waals surface area contributed by atoms with Crippen LogP contribution in [0.1, 0.15) is 27.0 Å². The van der Waals surface area contributed by atoms with Crippen LogP contribution in [0.4, 0.5) is 5.69 Å².